The van der Waals surface area contributed by atoms with Crippen LogP contribution in [0.3, 0.4) is 0 Å². The van der Waals surface area contributed by atoms with E-state index >= 15 is 0 Å². The van der Waals surface area contributed by atoms with Crippen molar-refractivity contribution >= 4 is 0 Å². The maximum absolute atomic E-state index is 5.41. The summed E-state index contributed by atoms with van der Waals surface area (Å²) in [5, 5.41) is 3.24. The molecule has 0 spiro atoms. The summed E-state index contributed by atoms with van der Waals surface area (Å²) in [6.45, 7) is 8.47. The van der Waals surface area contributed by atoms with E-state index in [2.05, 4.69) is 12.2 Å². The highest BCUT2D eigenvalue weighted by molar-refractivity contribution is 4.59. The second-order valence-electron chi connectivity index (χ2n) is 3.01. The van der Waals surface area contributed by atoms with Gasteiger partial charge < -0.3 is 15.8 Å². The van der Waals surface area contributed by atoms with Gasteiger partial charge in [0.15, 0.2) is 0 Å². The van der Waals surface area contributed by atoms with E-state index in [9.17, 15) is 0 Å². The Morgan fingerprint density at radius 2 is 2.00 bits per heavy atom. The van der Waals surface area contributed by atoms with Crippen LogP contribution in [-0.4, -0.2) is 31.8 Å². The SMILES string of the molecule is CC(CN)NCCOC(C)C. The molecule has 1 unspecified atom stereocenters. The van der Waals surface area contributed by atoms with Gasteiger partial charge in [-0.2, -0.15) is 0 Å². The number of nitrogens with two attached hydrogens (primary N) is 1. The van der Waals surface area contributed by atoms with E-state index in [0.29, 0.717) is 18.7 Å². The van der Waals surface area contributed by atoms with Crippen molar-refractivity contribution in [3.8, 4) is 0 Å². The molecule has 3 nitrogen and oxygen atoms in total. The first-order valence-electron chi connectivity index (χ1n) is 4.22. The fraction of sp³-hybridized carbons (Fsp3) is 1.00. The van der Waals surface area contributed by atoms with Gasteiger partial charge in [-0.1, -0.05) is 0 Å². The molecule has 0 radical (unpaired) electrons. The molecule has 0 aromatic heterocycles. The van der Waals surface area contributed by atoms with Crippen LogP contribution in [-0.2, 0) is 4.74 Å². The van der Waals surface area contributed by atoms with Gasteiger partial charge in [0.1, 0.15) is 0 Å². The molecule has 0 aliphatic carbocycles. The quantitative estimate of drug-likeness (QED) is 0.551. The van der Waals surface area contributed by atoms with Crippen molar-refractivity contribution in [3.05, 3.63) is 0 Å². The van der Waals surface area contributed by atoms with Crippen LogP contribution in [0.15, 0.2) is 0 Å². The van der Waals surface area contributed by atoms with Crippen molar-refractivity contribution in [1.82, 2.24) is 5.32 Å². The maximum atomic E-state index is 5.41. The topological polar surface area (TPSA) is 47.3 Å². The predicted molar refractivity (Wildman–Crippen MR) is 47.6 cm³/mol. The molecule has 68 valence electrons. The third-order valence-electron chi connectivity index (χ3n) is 1.40. The summed E-state index contributed by atoms with van der Waals surface area (Å²) >= 11 is 0. The maximum Gasteiger partial charge on any atom is 0.0594 e. The summed E-state index contributed by atoms with van der Waals surface area (Å²) in [6.07, 6.45) is 0.324. The summed E-state index contributed by atoms with van der Waals surface area (Å²) in [6, 6.07) is 0.394. The first-order valence-corrected chi connectivity index (χ1v) is 4.22. The highest BCUT2D eigenvalue weighted by Gasteiger charge is 1.96. The van der Waals surface area contributed by atoms with Gasteiger partial charge in [-0.3, -0.25) is 0 Å². The van der Waals surface area contributed by atoms with Crippen LogP contribution < -0.4 is 11.1 Å². The lowest BCUT2D eigenvalue weighted by Gasteiger charge is -2.12. The number of rotatable bonds is 6. The molecule has 11 heavy (non-hydrogen) atoms. The average Bonchev–Trinajstić information content (AvgIpc) is 1.97. The molecule has 0 aliphatic rings. The Balaban J connectivity index is 3.01. The number of ether oxygens (including phenoxy) is 1. The summed E-state index contributed by atoms with van der Waals surface area (Å²) in [5.74, 6) is 0. The smallest absolute Gasteiger partial charge is 0.0594 e. The first kappa shape index (κ1) is 10.9. The van der Waals surface area contributed by atoms with E-state index in [0.717, 1.165) is 13.2 Å². The predicted octanol–water partition coefficient (Wildman–Crippen LogP) is 0.348. The summed E-state index contributed by atoms with van der Waals surface area (Å²) < 4.78 is 5.33. The minimum atomic E-state index is 0.324. The standard InChI is InChI=1S/C8H20N2O/c1-7(2)11-5-4-10-8(3)6-9/h7-8,10H,4-6,9H2,1-3H3. The van der Waals surface area contributed by atoms with E-state index in [-0.39, 0.29) is 0 Å². The van der Waals surface area contributed by atoms with Gasteiger partial charge >= 0.3 is 0 Å². The van der Waals surface area contributed by atoms with Gasteiger partial charge in [0, 0.05) is 19.1 Å². The zero-order valence-corrected chi connectivity index (χ0v) is 7.76. The van der Waals surface area contributed by atoms with E-state index in [4.69, 9.17) is 10.5 Å². The molecular formula is C8H20N2O. The van der Waals surface area contributed by atoms with Gasteiger partial charge in [0.05, 0.1) is 12.7 Å². The number of nitrogens with one attached hydrogen (secondary N) is 1. The fourth-order valence-electron chi connectivity index (χ4n) is 0.683. The Morgan fingerprint density at radius 3 is 2.45 bits per heavy atom. The minimum absolute atomic E-state index is 0.324. The molecule has 0 aliphatic heterocycles. The zero-order chi connectivity index (χ0) is 8.69. The van der Waals surface area contributed by atoms with Crippen LogP contribution in [0.5, 0.6) is 0 Å². The Kier molecular flexibility index (Phi) is 6.51. The normalized spacial score (nSPS) is 13.9. The summed E-state index contributed by atoms with van der Waals surface area (Å²) in [4.78, 5) is 0. The van der Waals surface area contributed by atoms with Gasteiger partial charge in [0.2, 0.25) is 0 Å². The average molecular weight is 160 g/mol. The van der Waals surface area contributed by atoms with Gasteiger partial charge in [-0.25, -0.2) is 0 Å². The molecule has 0 heterocycles. The highest BCUT2D eigenvalue weighted by Crippen LogP contribution is 1.85. The van der Waals surface area contributed by atoms with Crippen molar-refractivity contribution in [3.63, 3.8) is 0 Å². The zero-order valence-electron chi connectivity index (χ0n) is 7.76. The van der Waals surface area contributed by atoms with Crippen molar-refractivity contribution in [2.24, 2.45) is 5.73 Å². The van der Waals surface area contributed by atoms with Crippen molar-refractivity contribution in [1.29, 1.82) is 0 Å². The molecule has 0 aromatic rings. The molecular weight excluding hydrogens is 140 g/mol. The van der Waals surface area contributed by atoms with Gasteiger partial charge in [-0.05, 0) is 20.8 Å². The van der Waals surface area contributed by atoms with Crippen molar-refractivity contribution in [2.45, 2.75) is 32.9 Å². The molecule has 0 amide bonds. The Bertz CT molecular complexity index is 86.2. The van der Waals surface area contributed by atoms with Crippen LogP contribution >= 0.6 is 0 Å². The Hall–Kier alpha value is -0.120. The van der Waals surface area contributed by atoms with E-state index in [1.807, 2.05) is 13.8 Å². The summed E-state index contributed by atoms with van der Waals surface area (Å²) in [7, 11) is 0. The van der Waals surface area contributed by atoms with Crippen LogP contribution in [0.2, 0.25) is 0 Å². The van der Waals surface area contributed by atoms with E-state index < -0.39 is 0 Å². The largest absolute Gasteiger partial charge is 0.377 e. The third-order valence-corrected chi connectivity index (χ3v) is 1.40. The fourth-order valence-corrected chi connectivity index (χ4v) is 0.683. The lowest BCUT2D eigenvalue weighted by molar-refractivity contribution is 0.0797. The molecule has 0 saturated carbocycles. The highest BCUT2D eigenvalue weighted by atomic mass is 16.5. The lowest BCUT2D eigenvalue weighted by Crippen LogP contribution is -2.35. The molecule has 0 saturated heterocycles. The molecule has 3 heteroatoms. The van der Waals surface area contributed by atoms with Crippen LogP contribution in [0.4, 0.5) is 0 Å². The molecule has 0 bridgehead atoms. The second-order valence-corrected chi connectivity index (χ2v) is 3.01. The number of hydrogen-bond donors (Lipinski definition) is 2. The Morgan fingerprint density at radius 1 is 1.36 bits per heavy atom. The van der Waals surface area contributed by atoms with Crippen LogP contribution in [0.25, 0.3) is 0 Å². The first-order chi connectivity index (χ1) is 5.16. The van der Waals surface area contributed by atoms with Crippen LogP contribution in [0.1, 0.15) is 20.8 Å². The molecule has 0 rings (SSSR count). The van der Waals surface area contributed by atoms with E-state index in [1.165, 1.54) is 0 Å². The second kappa shape index (κ2) is 6.58. The number of hydrogen-bond acceptors (Lipinski definition) is 3. The molecule has 3 N–H and O–H groups in total. The van der Waals surface area contributed by atoms with Crippen molar-refractivity contribution < 1.29 is 4.74 Å². The monoisotopic (exact) mass is 160 g/mol. The van der Waals surface area contributed by atoms with Crippen LogP contribution in [0, 0.1) is 0 Å². The Labute approximate surface area is 69.3 Å². The van der Waals surface area contributed by atoms with Gasteiger partial charge in [-0.15, -0.1) is 0 Å². The van der Waals surface area contributed by atoms with E-state index in [1.54, 1.807) is 0 Å². The van der Waals surface area contributed by atoms with Gasteiger partial charge in [0.25, 0.3) is 0 Å². The molecule has 0 fully saturated rings. The third kappa shape index (κ3) is 7.78. The van der Waals surface area contributed by atoms with Crippen molar-refractivity contribution in [2.75, 3.05) is 19.7 Å². The summed E-state index contributed by atoms with van der Waals surface area (Å²) in [5.41, 5.74) is 5.41. The molecule has 0 aromatic carbocycles. The minimum Gasteiger partial charge on any atom is -0.377 e. The lowest BCUT2D eigenvalue weighted by atomic mass is 10.3. The molecule has 1 atom stereocenters.